The van der Waals surface area contributed by atoms with Crippen LogP contribution in [0.2, 0.25) is 5.02 Å². The SMILES string of the molecule is COCC(=O)N1CCN([C@H](C)c2ccc(OC)c(Cl)c2)CC1. The van der Waals surface area contributed by atoms with Gasteiger partial charge < -0.3 is 14.4 Å². The standard InChI is InChI=1S/C16H23ClN2O3/c1-12(13-4-5-15(22-3)14(17)10-13)18-6-8-19(9-7-18)16(20)11-21-2/h4-5,10,12H,6-9,11H2,1-3H3/t12-/m1/s1. The summed E-state index contributed by atoms with van der Waals surface area (Å²) in [6.45, 7) is 5.47. The molecule has 1 aromatic rings. The van der Waals surface area contributed by atoms with E-state index in [9.17, 15) is 4.79 Å². The topological polar surface area (TPSA) is 42.0 Å². The third-order valence-electron chi connectivity index (χ3n) is 4.14. The fourth-order valence-electron chi connectivity index (χ4n) is 2.73. The second-order valence-electron chi connectivity index (χ2n) is 5.42. The zero-order valence-corrected chi connectivity index (χ0v) is 14.1. The largest absolute Gasteiger partial charge is 0.495 e. The predicted octanol–water partition coefficient (Wildman–Crippen LogP) is 2.20. The van der Waals surface area contributed by atoms with E-state index in [1.54, 1.807) is 14.2 Å². The van der Waals surface area contributed by atoms with Crippen LogP contribution in [0.25, 0.3) is 0 Å². The molecule has 1 aromatic carbocycles. The van der Waals surface area contributed by atoms with Crippen LogP contribution in [0.1, 0.15) is 18.5 Å². The molecule has 2 rings (SSSR count). The van der Waals surface area contributed by atoms with Gasteiger partial charge in [0.15, 0.2) is 0 Å². The van der Waals surface area contributed by atoms with E-state index in [0.29, 0.717) is 10.8 Å². The van der Waals surface area contributed by atoms with Gasteiger partial charge in [-0.25, -0.2) is 0 Å². The molecule has 0 bridgehead atoms. The Kier molecular flexibility index (Phi) is 6.06. The maximum absolute atomic E-state index is 11.8. The number of carbonyl (C=O) groups is 1. The van der Waals surface area contributed by atoms with Crippen LogP contribution < -0.4 is 4.74 Å². The molecule has 0 N–H and O–H groups in total. The summed E-state index contributed by atoms with van der Waals surface area (Å²) in [6, 6.07) is 6.14. The minimum atomic E-state index is 0.0577. The molecule has 1 aliphatic heterocycles. The highest BCUT2D eigenvalue weighted by Gasteiger charge is 2.24. The molecular formula is C16H23ClN2O3. The molecule has 1 heterocycles. The van der Waals surface area contributed by atoms with Gasteiger partial charge in [-0.3, -0.25) is 9.69 Å². The van der Waals surface area contributed by atoms with E-state index >= 15 is 0 Å². The number of halogens is 1. The van der Waals surface area contributed by atoms with Gasteiger partial charge in [-0.15, -0.1) is 0 Å². The Morgan fingerprint density at radius 3 is 2.50 bits per heavy atom. The molecule has 1 amide bonds. The lowest BCUT2D eigenvalue weighted by Crippen LogP contribution is -2.50. The fraction of sp³-hybridized carbons (Fsp3) is 0.562. The summed E-state index contributed by atoms with van der Waals surface area (Å²) < 4.78 is 10.1. The summed E-state index contributed by atoms with van der Waals surface area (Å²) in [7, 11) is 3.16. The maximum Gasteiger partial charge on any atom is 0.248 e. The second kappa shape index (κ2) is 7.81. The molecule has 1 atom stereocenters. The van der Waals surface area contributed by atoms with Crippen LogP contribution in [0.4, 0.5) is 0 Å². The normalized spacial score (nSPS) is 17.4. The van der Waals surface area contributed by atoms with Crippen molar-refractivity contribution in [2.45, 2.75) is 13.0 Å². The first-order chi connectivity index (χ1) is 10.6. The molecule has 0 unspecified atom stereocenters. The molecule has 1 aliphatic rings. The van der Waals surface area contributed by atoms with Crippen molar-refractivity contribution in [2.75, 3.05) is 47.0 Å². The van der Waals surface area contributed by atoms with Gasteiger partial charge in [-0.05, 0) is 24.6 Å². The van der Waals surface area contributed by atoms with Gasteiger partial charge in [0.2, 0.25) is 5.91 Å². The van der Waals surface area contributed by atoms with Crippen LogP contribution in [0, 0.1) is 0 Å². The average molecular weight is 327 g/mol. The number of nitrogens with zero attached hydrogens (tertiary/aromatic N) is 2. The van der Waals surface area contributed by atoms with Crippen LogP contribution in [0.15, 0.2) is 18.2 Å². The van der Waals surface area contributed by atoms with E-state index in [0.717, 1.165) is 31.7 Å². The summed E-state index contributed by atoms with van der Waals surface area (Å²) in [5.74, 6) is 0.745. The van der Waals surface area contributed by atoms with E-state index in [-0.39, 0.29) is 18.6 Å². The lowest BCUT2D eigenvalue weighted by Gasteiger charge is -2.38. The number of piperazine rings is 1. The molecule has 22 heavy (non-hydrogen) atoms. The van der Waals surface area contributed by atoms with Crippen LogP contribution in [0.5, 0.6) is 5.75 Å². The molecule has 5 nitrogen and oxygen atoms in total. The van der Waals surface area contributed by atoms with Crippen LogP contribution >= 0.6 is 11.6 Å². The summed E-state index contributed by atoms with van der Waals surface area (Å²) in [5, 5.41) is 0.626. The number of carbonyl (C=O) groups excluding carboxylic acids is 1. The third-order valence-corrected chi connectivity index (χ3v) is 4.44. The Morgan fingerprint density at radius 2 is 1.95 bits per heavy atom. The minimum Gasteiger partial charge on any atom is -0.495 e. The molecular weight excluding hydrogens is 304 g/mol. The summed E-state index contributed by atoms with van der Waals surface area (Å²) in [5.41, 5.74) is 1.16. The Hall–Kier alpha value is -1.30. The van der Waals surface area contributed by atoms with Gasteiger partial charge >= 0.3 is 0 Å². The Labute approximate surface area is 136 Å². The smallest absolute Gasteiger partial charge is 0.248 e. The molecule has 0 radical (unpaired) electrons. The van der Waals surface area contributed by atoms with Crippen molar-refractivity contribution in [3.63, 3.8) is 0 Å². The number of amides is 1. The van der Waals surface area contributed by atoms with Crippen molar-refractivity contribution in [1.82, 2.24) is 9.80 Å². The quantitative estimate of drug-likeness (QED) is 0.832. The molecule has 0 spiro atoms. The van der Waals surface area contributed by atoms with Crippen LogP contribution in [-0.4, -0.2) is 62.7 Å². The highest BCUT2D eigenvalue weighted by atomic mass is 35.5. The van der Waals surface area contributed by atoms with Crippen molar-refractivity contribution in [1.29, 1.82) is 0 Å². The van der Waals surface area contributed by atoms with Crippen molar-refractivity contribution in [3.05, 3.63) is 28.8 Å². The zero-order valence-electron chi connectivity index (χ0n) is 13.3. The summed E-state index contributed by atoms with van der Waals surface area (Å²) in [4.78, 5) is 16.0. The van der Waals surface area contributed by atoms with Crippen molar-refractivity contribution < 1.29 is 14.3 Å². The first-order valence-corrected chi connectivity index (χ1v) is 7.78. The monoisotopic (exact) mass is 326 g/mol. The van der Waals surface area contributed by atoms with Gasteiger partial charge in [-0.2, -0.15) is 0 Å². The lowest BCUT2D eigenvalue weighted by atomic mass is 10.1. The van der Waals surface area contributed by atoms with Crippen LogP contribution in [0.3, 0.4) is 0 Å². The molecule has 122 valence electrons. The highest BCUT2D eigenvalue weighted by Crippen LogP contribution is 2.30. The molecule has 0 aliphatic carbocycles. The van der Waals surface area contributed by atoms with Crippen LogP contribution in [-0.2, 0) is 9.53 Å². The second-order valence-corrected chi connectivity index (χ2v) is 5.83. The Balaban J connectivity index is 1.96. The number of benzene rings is 1. The minimum absolute atomic E-state index is 0.0577. The maximum atomic E-state index is 11.8. The van der Waals surface area contributed by atoms with Gasteiger partial charge in [0.05, 0.1) is 12.1 Å². The first kappa shape index (κ1) is 17.1. The lowest BCUT2D eigenvalue weighted by molar-refractivity contribution is -0.137. The number of hydrogen-bond acceptors (Lipinski definition) is 4. The third kappa shape index (κ3) is 3.91. The summed E-state index contributed by atoms with van der Waals surface area (Å²) in [6.07, 6.45) is 0. The molecule has 0 saturated carbocycles. The number of ether oxygens (including phenoxy) is 2. The van der Waals surface area contributed by atoms with E-state index in [1.807, 2.05) is 23.1 Å². The van der Waals surface area contributed by atoms with Gasteiger partial charge in [0.1, 0.15) is 12.4 Å². The van der Waals surface area contributed by atoms with Gasteiger partial charge in [0, 0.05) is 39.3 Å². The zero-order chi connectivity index (χ0) is 16.1. The number of rotatable bonds is 5. The highest BCUT2D eigenvalue weighted by molar-refractivity contribution is 6.32. The predicted molar refractivity (Wildman–Crippen MR) is 86.4 cm³/mol. The summed E-state index contributed by atoms with van der Waals surface area (Å²) >= 11 is 6.20. The molecule has 0 aromatic heterocycles. The molecule has 1 saturated heterocycles. The van der Waals surface area contributed by atoms with E-state index in [1.165, 1.54) is 0 Å². The average Bonchev–Trinajstić information content (AvgIpc) is 2.54. The van der Waals surface area contributed by atoms with E-state index < -0.39 is 0 Å². The van der Waals surface area contributed by atoms with Crippen molar-refractivity contribution in [3.8, 4) is 5.75 Å². The first-order valence-electron chi connectivity index (χ1n) is 7.41. The fourth-order valence-corrected chi connectivity index (χ4v) is 2.99. The van der Waals surface area contributed by atoms with E-state index in [2.05, 4.69) is 11.8 Å². The van der Waals surface area contributed by atoms with Crippen molar-refractivity contribution >= 4 is 17.5 Å². The van der Waals surface area contributed by atoms with E-state index in [4.69, 9.17) is 21.1 Å². The number of methoxy groups -OCH3 is 2. The van der Waals surface area contributed by atoms with Crippen molar-refractivity contribution in [2.24, 2.45) is 0 Å². The molecule has 6 heteroatoms. The van der Waals surface area contributed by atoms with Gasteiger partial charge in [-0.1, -0.05) is 17.7 Å². The Morgan fingerprint density at radius 1 is 1.27 bits per heavy atom. The number of hydrogen-bond donors (Lipinski definition) is 0. The Bertz CT molecular complexity index is 516. The molecule has 1 fully saturated rings. The van der Waals surface area contributed by atoms with Gasteiger partial charge in [0.25, 0.3) is 0 Å².